The average molecular weight is 594 g/mol. The molecule has 0 amide bonds. The van der Waals surface area contributed by atoms with Crippen LogP contribution in [-0.4, -0.2) is 51.1 Å². The van der Waals surface area contributed by atoms with Crippen LogP contribution in [0, 0.1) is 6.92 Å². The molecule has 0 bridgehead atoms. The van der Waals surface area contributed by atoms with Gasteiger partial charge in [-0.15, -0.1) is 0 Å². The van der Waals surface area contributed by atoms with Crippen molar-refractivity contribution in [2.75, 3.05) is 0 Å². The molecule has 2 aromatic carbocycles. The van der Waals surface area contributed by atoms with Gasteiger partial charge in [0.05, 0.1) is 5.69 Å². The van der Waals surface area contributed by atoms with Gasteiger partial charge in [0.25, 0.3) is 0 Å². The van der Waals surface area contributed by atoms with Gasteiger partial charge in [0.15, 0.2) is 5.82 Å². The second-order valence-electron chi connectivity index (χ2n) is 8.53. The molecule has 0 aliphatic heterocycles. The lowest BCUT2D eigenvalue weighted by Gasteiger charge is -2.41. The monoisotopic (exact) mass is 594 g/mol. The molecule has 0 unspecified atom stereocenters. The van der Waals surface area contributed by atoms with E-state index in [4.69, 9.17) is 0 Å². The molecule has 0 aliphatic rings. The highest BCUT2D eigenvalue weighted by Crippen LogP contribution is 2.62. The number of alkyl halides is 13. The lowest BCUT2D eigenvalue weighted by Crippen LogP contribution is -2.71. The van der Waals surface area contributed by atoms with Crippen molar-refractivity contribution < 1.29 is 61.9 Å². The van der Waals surface area contributed by atoms with Gasteiger partial charge in [0.2, 0.25) is 5.78 Å². The Labute approximate surface area is 216 Å². The van der Waals surface area contributed by atoms with E-state index in [-0.39, 0.29) is 5.69 Å². The predicted molar refractivity (Wildman–Crippen MR) is 113 cm³/mol. The van der Waals surface area contributed by atoms with Crippen molar-refractivity contribution in [3.8, 4) is 5.69 Å². The van der Waals surface area contributed by atoms with Gasteiger partial charge in [-0.1, -0.05) is 48.5 Å². The molecule has 0 saturated carbocycles. The summed E-state index contributed by atoms with van der Waals surface area (Å²) in [5, 5.41) is 0. The SMILES string of the molecule is Cc1ccccc1-n1ccnc1C(=O)[C@H](c1ccccc1)C(F)(F)C(F)(F)C(F)(F)C(F)(F)C(F)(F)C(F)(F)F. The molecule has 1 aromatic heterocycles. The minimum absolute atomic E-state index is 0.0620. The molecule has 0 radical (unpaired) electrons. The van der Waals surface area contributed by atoms with Crippen LogP contribution in [0.15, 0.2) is 67.0 Å². The topological polar surface area (TPSA) is 34.9 Å². The number of nitrogens with zero attached hydrogens (tertiary/aromatic N) is 2. The second-order valence-corrected chi connectivity index (χ2v) is 8.53. The van der Waals surface area contributed by atoms with Crippen LogP contribution in [0.4, 0.5) is 57.1 Å². The molecule has 3 nitrogen and oxygen atoms in total. The van der Waals surface area contributed by atoms with E-state index in [0.29, 0.717) is 17.7 Å². The number of benzene rings is 2. The first-order chi connectivity index (χ1) is 18.1. The number of para-hydroxylation sites is 1. The van der Waals surface area contributed by atoms with Crippen molar-refractivity contribution in [1.29, 1.82) is 0 Å². The number of Topliss-reactive ketones (excluding diaryl/α,β-unsaturated/α-hetero) is 1. The molecule has 0 saturated heterocycles. The number of aryl methyl sites for hydroxylation is 1. The van der Waals surface area contributed by atoms with Crippen LogP contribution >= 0.6 is 0 Å². The first-order valence-corrected chi connectivity index (χ1v) is 10.8. The predicted octanol–water partition coefficient (Wildman–Crippen LogP) is 7.89. The first-order valence-electron chi connectivity index (χ1n) is 10.8. The van der Waals surface area contributed by atoms with E-state index in [0.717, 1.165) is 35.2 Å². The van der Waals surface area contributed by atoms with Gasteiger partial charge in [0.1, 0.15) is 5.92 Å². The molecule has 0 N–H and O–H groups in total. The van der Waals surface area contributed by atoms with E-state index in [1.165, 1.54) is 31.2 Å². The van der Waals surface area contributed by atoms with E-state index in [1.54, 1.807) is 0 Å². The molecule has 0 fully saturated rings. The fourth-order valence-electron chi connectivity index (χ4n) is 3.78. The maximum Gasteiger partial charge on any atom is 0.460 e. The zero-order chi connectivity index (χ0) is 30.5. The van der Waals surface area contributed by atoms with Crippen molar-refractivity contribution in [1.82, 2.24) is 9.55 Å². The van der Waals surface area contributed by atoms with Gasteiger partial charge in [0, 0.05) is 12.4 Å². The lowest BCUT2D eigenvalue weighted by molar-refractivity contribution is -0.440. The smallest absolute Gasteiger partial charge is 0.297 e. The van der Waals surface area contributed by atoms with Crippen LogP contribution in [0.5, 0.6) is 0 Å². The highest BCUT2D eigenvalue weighted by atomic mass is 19.4. The van der Waals surface area contributed by atoms with Gasteiger partial charge in [-0.05, 0) is 24.1 Å². The molecule has 0 aliphatic carbocycles. The summed E-state index contributed by atoms with van der Waals surface area (Å²) in [6, 6.07) is 9.58. The summed E-state index contributed by atoms with van der Waals surface area (Å²) in [6.07, 6.45) is -5.73. The van der Waals surface area contributed by atoms with E-state index in [1.807, 2.05) is 0 Å². The van der Waals surface area contributed by atoms with Crippen molar-refractivity contribution in [3.05, 3.63) is 83.9 Å². The van der Waals surface area contributed by atoms with E-state index < -0.39 is 58.9 Å². The summed E-state index contributed by atoms with van der Waals surface area (Å²) in [5.74, 6) is -45.4. The number of imidazole rings is 1. The number of aromatic nitrogens is 2. The molecular formula is C24H15F13N2O. The Kier molecular flexibility index (Phi) is 7.58. The normalized spacial score (nSPS) is 14.8. The standard InChI is InChI=1S/C24H15F13N2O/c1-13-7-5-6-10-15(13)39-12-11-38-18(39)17(40)16(14-8-3-2-4-9-14)19(25,26)20(27,28)21(29,30)22(31,32)23(33,34)24(35,36)37/h2-12,16H,1H3/t16-/m0/s1. The third-order valence-electron chi connectivity index (χ3n) is 5.95. The summed E-state index contributed by atoms with van der Waals surface area (Å²) in [7, 11) is 0. The largest absolute Gasteiger partial charge is 0.460 e. The number of hydrogen-bond acceptors (Lipinski definition) is 2. The van der Waals surface area contributed by atoms with Crippen molar-refractivity contribution in [2.45, 2.75) is 48.6 Å². The van der Waals surface area contributed by atoms with Crippen LogP contribution in [0.2, 0.25) is 0 Å². The first kappa shape index (κ1) is 30.9. The fourth-order valence-corrected chi connectivity index (χ4v) is 3.78. The highest BCUT2D eigenvalue weighted by molar-refractivity contribution is 5.99. The third-order valence-corrected chi connectivity index (χ3v) is 5.95. The Morgan fingerprint density at radius 2 is 1.20 bits per heavy atom. The Hall–Kier alpha value is -3.59. The van der Waals surface area contributed by atoms with Gasteiger partial charge in [-0.25, -0.2) is 4.98 Å². The Bertz CT molecular complexity index is 1360. The van der Waals surface area contributed by atoms with E-state index in [9.17, 15) is 53.1 Å². The van der Waals surface area contributed by atoms with E-state index >= 15 is 8.78 Å². The van der Waals surface area contributed by atoms with E-state index in [2.05, 4.69) is 4.98 Å². The lowest BCUT2D eigenvalue weighted by atomic mass is 9.81. The van der Waals surface area contributed by atoms with Crippen molar-refractivity contribution >= 4 is 5.78 Å². The Morgan fingerprint density at radius 3 is 1.73 bits per heavy atom. The Morgan fingerprint density at radius 1 is 0.700 bits per heavy atom. The maximum absolute atomic E-state index is 15.4. The number of ketones is 1. The summed E-state index contributed by atoms with van der Waals surface area (Å²) < 4.78 is 181. The number of halogens is 13. The highest BCUT2D eigenvalue weighted by Gasteiger charge is 2.91. The molecular weight excluding hydrogens is 579 g/mol. The molecule has 16 heteroatoms. The molecule has 3 aromatic rings. The molecule has 1 heterocycles. The van der Waals surface area contributed by atoms with Gasteiger partial charge < -0.3 is 0 Å². The number of carbonyl (C=O) groups is 1. The molecule has 0 spiro atoms. The quantitative estimate of drug-likeness (QED) is 0.187. The van der Waals surface area contributed by atoms with Crippen LogP contribution in [-0.2, 0) is 0 Å². The molecule has 218 valence electrons. The van der Waals surface area contributed by atoms with Crippen LogP contribution in [0.3, 0.4) is 0 Å². The molecule has 40 heavy (non-hydrogen) atoms. The number of hydrogen-bond donors (Lipinski definition) is 0. The summed E-state index contributed by atoms with van der Waals surface area (Å²) >= 11 is 0. The summed E-state index contributed by atoms with van der Waals surface area (Å²) in [6.45, 7) is 1.46. The minimum Gasteiger partial charge on any atom is -0.297 e. The molecule has 1 atom stereocenters. The third kappa shape index (κ3) is 4.50. The fraction of sp³-hybridized carbons (Fsp3) is 0.333. The van der Waals surface area contributed by atoms with Gasteiger partial charge >= 0.3 is 35.8 Å². The Balaban J connectivity index is 2.24. The van der Waals surface area contributed by atoms with Crippen molar-refractivity contribution in [3.63, 3.8) is 0 Å². The van der Waals surface area contributed by atoms with Crippen LogP contribution < -0.4 is 0 Å². The average Bonchev–Trinajstić information content (AvgIpc) is 3.33. The van der Waals surface area contributed by atoms with Crippen LogP contribution in [0.25, 0.3) is 5.69 Å². The summed E-state index contributed by atoms with van der Waals surface area (Å²) in [4.78, 5) is 16.8. The number of carbonyl (C=O) groups excluding carboxylic acids is 1. The maximum atomic E-state index is 15.4. The summed E-state index contributed by atoms with van der Waals surface area (Å²) in [5.41, 5.74) is -0.756. The number of rotatable bonds is 9. The minimum atomic E-state index is -8.09. The second kappa shape index (κ2) is 9.80. The van der Waals surface area contributed by atoms with Gasteiger partial charge in [-0.2, -0.15) is 57.1 Å². The van der Waals surface area contributed by atoms with Crippen molar-refractivity contribution in [2.24, 2.45) is 0 Å². The molecule has 3 rings (SSSR count). The zero-order valence-electron chi connectivity index (χ0n) is 19.6. The van der Waals surface area contributed by atoms with Gasteiger partial charge in [-0.3, -0.25) is 9.36 Å². The zero-order valence-corrected chi connectivity index (χ0v) is 19.6. The van der Waals surface area contributed by atoms with Crippen LogP contribution in [0.1, 0.15) is 27.7 Å².